The molecule has 3 rings (SSSR count). The molecular weight excluding hydrogens is 412 g/mol. The fourth-order valence-corrected chi connectivity index (χ4v) is 4.07. The lowest BCUT2D eigenvalue weighted by Crippen LogP contribution is -2.27. The van der Waals surface area contributed by atoms with Gasteiger partial charge in [0, 0.05) is 5.56 Å². The van der Waals surface area contributed by atoms with Crippen molar-refractivity contribution in [1.82, 2.24) is 5.32 Å². The lowest BCUT2D eigenvalue weighted by atomic mass is 10.1. The van der Waals surface area contributed by atoms with Crippen LogP contribution in [0.2, 0.25) is 0 Å². The first-order chi connectivity index (χ1) is 11.8. The minimum Gasteiger partial charge on any atom is -0.504 e. The van der Waals surface area contributed by atoms with Gasteiger partial charge in [-0.05, 0) is 35.9 Å². The van der Waals surface area contributed by atoms with Crippen LogP contribution in [0.4, 0.5) is 0 Å². The summed E-state index contributed by atoms with van der Waals surface area (Å²) in [5, 5.41) is 40.8. The number of carbonyl (C=O) groups excluding carboxylic acids is 1. The molecule has 7 nitrogen and oxygen atoms in total. The lowest BCUT2D eigenvalue weighted by molar-refractivity contribution is 0.0977. The summed E-state index contributed by atoms with van der Waals surface area (Å²) in [6.07, 6.45) is 0. The number of nitrogens with zero attached hydrogens (tertiary/aromatic N) is 1. The number of amides is 1. The fraction of sp³-hybridized carbons (Fsp3) is 0.125. The van der Waals surface area contributed by atoms with Crippen LogP contribution in [-0.2, 0) is 0 Å². The van der Waals surface area contributed by atoms with Crippen molar-refractivity contribution in [3.8, 4) is 23.0 Å². The van der Waals surface area contributed by atoms with Gasteiger partial charge >= 0.3 is 0 Å². The Balaban J connectivity index is 1.77. The molecular formula is C16H13BrN2O5S. The number of nitrogens with one attached hydrogen (secondary N) is 1. The topological polar surface area (TPSA) is 122 Å². The SMILES string of the molecule is O=C(NC1=N[C@H](c2ccc(O)c(O)c2)[C@H](Br)S1)c1ccc(O)c(O)c1. The molecule has 0 spiro atoms. The average molecular weight is 425 g/mol. The number of hydrogen-bond acceptors (Lipinski definition) is 7. The number of rotatable bonds is 2. The van der Waals surface area contributed by atoms with Crippen molar-refractivity contribution >= 4 is 38.8 Å². The number of benzene rings is 2. The van der Waals surface area contributed by atoms with Crippen LogP contribution >= 0.6 is 27.7 Å². The zero-order valence-electron chi connectivity index (χ0n) is 12.5. The first kappa shape index (κ1) is 17.4. The summed E-state index contributed by atoms with van der Waals surface area (Å²) in [7, 11) is 0. The van der Waals surface area contributed by atoms with E-state index in [4.69, 9.17) is 0 Å². The van der Waals surface area contributed by atoms with Crippen LogP contribution in [0.1, 0.15) is 22.0 Å². The molecule has 130 valence electrons. The summed E-state index contributed by atoms with van der Waals surface area (Å²) in [4.78, 5) is 16.6. The molecule has 0 saturated heterocycles. The zero-order valence-corrected chi connectivity index (χ0v) is 15.0. The van der Waals surface area contributed by atoms with E-state index in [0.29, 0.717) is 10.7 Å². The van der Waals surface area contributed by atoms with Gasteiger partial charge in [0.2, 0.25) is 0 Å². The van der Waals surface area contributed by atoms with Crippen molar-refractivity contribution in [3.63, 3.8) is 0 Å². The Morgan fingerprint density at radius 2 is 1.64 bits per heavy atom. The number of halogens is 1. The predicted molar refractivity (Wildman–Crippen MR) is 97.5 cm³/mol. The van der Waals surface area contributed by atoms with Crippen LogP contribution in [0, 0.1) is 0 Å². The first-order valence-electron chi connectivity index (χ1n) is 7.09. The van der Waals surface area contributed by atoms with E-state index in [0.717, 1.165) is 6.07 Å². The molecule has 1 amide bonds. The number of aliphatic imine (C=N–C) groups is 1. The van der Waals surface area contributed by atoms with Crippen molar-refractivity contribution in [2.75, 3.05) is 0 Å². The number of phenols is 4. The standard InChI is InChI=1S/C16H13BrN2O5S/c17-14-13(7-1-3-9(20)11(22)5-7)18-16(25-14)19-15(24)8-2-4-10(21)12(23)6-8/h1-6,13-14,20-23H,(H,18,19,24)/t13-,14-/m1/s1. The summed E-state index contributed by atoms with van der Waals surface area (Å²) >= 11 is 4.76. The normalized spacial score (nSPS) is 19.5. The van der Waals surface area contributed by atoms with Gasteiger partial charge < -0.3 is 25.7 Å². The van der Waals surface area contributed by atoms with E-state index in [1.165, 1.54) is 36.0 Å². The van der Waals surface area contributed by atoms with Crippen LogP contribution < -0.4 is 5.32 Å². The quantitative estimate of drug-likeness (QED) is 0.373. The van der Waals surface area contributed by atoms with Crippen LogP contribution in [0.15, 0.2) is 41.4 Å². The molecule has 2 aromatic carbocycles. The second-order valence-electron chi connectivity index (χ2n) is 5.25. The van der Waals surface area contributed by atoms with Gasteiger partial charge in [0.15, 0.2) is 28.2 Å². The highest BCUT2D eigenvalue weighted by atomic mass is 79.9. The van der Waals surface area contributed by atoms with E-state index >= 15 is 0 Å². The van der Waals surface area contributed by atoms with Crippen LogP contribution in [-0.4, -0.2) is 35.7 Å². The summed E-state index contributed by atoms with van der Waals surface area (Å²) in [5.74, 6) is -1.63. The van der Waals surface area contributed by atoms with Crippen LogP contribution in [0.3, 0.4) is 0 Å². The van der Waals surface area contributed by atoms with E-state index < -0.39 is 5.91 Å². The third-order valence-electron chi connectivity index (χ3n) is 3.53. The molecule has 9 heteroatoms. The minimum atomic E-state index is -0.476. The van der Waals surface area contributed by atoms with Crippen LogP contribution in [0.25, 0.3) is 0 Å². The van der Waals surface area contributed by atoms with Gasteiger partial charge in [0.1, 0.15) is 6.04 Å². The maximum atomic E-state index is 12.2. The second-order valence-corrected chi connectivity index (χ2v) is 7.98. The van der Waals surface area contributed by atoms with Gasteiger partial charge in [-0.15, -0.1) is 0 Å². The maximum absolute atomic E-state index is 12.2. The Hall–Kier alpha value is -2.39. The smallest absolute Gasteiger partial charge is 0.257 e. The number of phenolic OH excluding ortho intramolecular Hbond substituents is 4. The van der Waals surface area contributed by atoms with Gasteiger partial charge in [0.05, 0.1) is 4.16 Å². The third kappa shape index (κ3) is 3.67. The molecule has 0 bridgehead atoms. The van der Waals surface area contributed by atoms with Crippen molar-refractivity contribution in [1.29, 1.82) is 0 Å². The summed E-state index contributed by atoms with van der Waals surface area (Å²) < 4.78 is -0.167. The van der Waals surface area contributed by atoms with Gasteiger partial charge in [0.25, 0.3) is 5.91 Å². The highest BCUT2D eigenvalue weighted by Crippen LogP contribution is 2.42. The monoisotopic (exact) mass is 424 g/mol. The Morgan fingerprint density at radius 1 is 1.00 bits per heavy atom. The van der Waals surface area contributed by atoms with Crippen LogP contribution in [0.5, 0.6) is 23.0 Å². The van der Waals surface area contributed by atoms with Crippen molar-refractivity contribution in [2.24, 2.45) is 4.99 Å². The Labute approximate surface area is 155 Å². The van der Waals surface area contributed by atoms with Gasteiger partial charge in [-0.3, -0.25) is 9.79 Å². The largest absolute Gasteiger partial charge is 0.504 e. The van der Waals surface area contributed by atoms with Gasteiger partial charge in [-0.25, -0.2) is 0 Å². The second kappa shape index (κ2) is 6.85. The van der Waals surface area contributed by atoms with Crippen molar-refractivity contribution in [2.45, 2.75) is 10.2 Å². The molecule has 0 unspecified atom stereocenters. The summed E-state index contributed by atoms with van der Waals surface area (Å²) in [6.45, 7) is 0. The molecule has 0 radical (unpaired) electrons. The molecule has 1 heterocycles. The highest BCUT2D eigenvalue weighted by molar-refractivity contribution is 9.11. The zero-order chi connectivity index (χ0) is 18.1. The van der Waals surface area contributed by atoms with Crippen molar-refractivity contribution < 1.29 is 25.2 Å². The fourth-order valence-electron chi connectivity index (χ4n) is 2.23. The van der Waals surface area contributed by atoms with Gasteiger partial charge in [-0.1, -0.05) is 33.8 Å². The number of hydrogen-bond donors (Lipinski definition) is 5. The van der Waals surface area contributed by atoms with Crippen molar-refractivity contribution in [3.05, 3.63) is 47.5 Å². The van der Waals surface area contributed by atoms with E-state index in [2.05, 4.69) is 26.2 Å². The first-order valence-corrected chi connectivity index (χ1v) is 8.88. The minimum absolute atomic E-state index is 0.167. The molecule has 0 fully saturated rings. The number of thioether (sulfide) groups is 1. The maximum Gasteiger partial charge on any atom is 0.257 e. The van der Waals surface area contributed by atoms with E-state index in [1.807, 2.05) is 0 Å². The van der Waals surface area contributed by atoms with E-state index in [1.54, 1.807) is 6.07 Å². The lowest BCUT2D eigenvalue weighted by Gasteiger charge is -2.11. The molecule has 1 aliphatic rings. The summed E-state index contributed by atoms with van der Waals surface area (Å²) in [5.41, 5.74) is 0.853. The molecule has 5 N–H and O–H groups in total. The molecule has 0 aliphatic carbocycles. The van der Waals surface area contributed by atoms with Gasteiger partial charge in [-0.2, -0.15) is 0 Å². The third-order valence-corrected chi connectivity index (χ3v) is 5.50. The molecule has 1 aliphatic heterocycles. The number of alkyl halides is 1. The predicted octanol–water partition coefficient (Wildman–Crippen LogP) is 2.80. The number of aromatic hydroxyl groups is 4. The molecule has 25 heavy (non-hydrogen) atoms. The highest BCUT2D eigenvalue weighted by Gasteiger charge is 2.31. The molecule has 0 saturated carbocycles. The number of amidine groups is 1. The Kier molecular flexibility index (Phi) is 4.78. The summed E-state index contributed by atoms with van der Waals surface area (Å²) in [6, 6.07) is 7.84. The Morgan fingerprint density at radius 3 is 2.28 bits per heavy atom. The van der Waals surface area contributed by atoms with E-state index in [9.17, 15) is 25.2 Å². The number of carbonyl (C=O) groups is 1. The molecule has 2 aromatic rings. The molecule has 2 atom stereocenters. The Bertz CT molecular complexity index is 874. The molecule has 0 aromatic heterocycles. The average Bonchev–Trinajstić information content (AvgIpc) is 2.93. The van der Waals surface area contributed by atoms with E-state index in [-0.39, 0.29) is 38.8 Å².